The summed E-state index contributed by atoms with van der Waals surface area (Å²) in [4.78, 5) is 14.1. The summed E-state index contributed by atoms with van der Waals surface area (Å²) in [6.07, 6.45) is 5.01. The molecule has 0 aromatic carbocycles. The zero-order valence-corrected chi connectivity index (χ0v) is 11.1. The summed E-state index contributed by atoms with van der Waals surface area (Å²) >= 11 is 0. The van der Waals surface area contributed by atoms with Gasteiger partial charge in [0.05, 0.1) is 12.5 Å². The quantitative estimate of drug-likeness (QED) is 0.626. The van der Waals surface area contributed by atoms with E-state index in [-0.39, 0.29) is 11.4 Å². The molecule has 0 radical (unpaired) electrons. The van der Waals surface area contributed by atoms with Crippen LogP contribution >= 0.6 is 0 Å². The Morgan fingerprint density at radius 2 is 2.06 bits per heavy atom. The molecule has 94 valence electrons. The van der Waals surface area contributed by atoms with Crippen LogP contribution in [-0.2, 0) is 9.53 Å². The fraction of sp³-hybridized carbons (Fsp3) is 0.923. The Hall–Kier alpha value is -0.570. The smallest absolute Gasteiger partial charge is 0.312 e. The highest BCUT2D eigenvalue weighted by Gasteiger charge is 2.36. The molecule has 0 unspecified atom stereocenters. The zero-order valence-electron chi connectivity index (χ0n) is 11.1. The number of ether oxygens (including phenoxy) is 1. The van der Waals surface area contributed by atoms with Crippen LogP contribution in [0.5, 0.6) is 0 Å². The highest BCUT2D eigenvalue weighted by atomic mass is 16.5. The van der Waals surface area contributed by atoms with Crippen molar-refractivity contribution in [3.63, 3.8) is 0 Å². The third-order valence-electron chi connectivity index (χ3n) is 3.20. The van der Waals surface area contributed by atoms with Gasteiger partial charge in [-0.15, -0.1) is 0 Å². The van der Waals surface area contributed by atoms with Gasteiger partial charge >= 0.3 is 5.97 Å². The fourth-order valence-corrected chi connectivity index (χ4v) is 2.04. The second-order valence-corrected chi connectivity index (χ2v) is 5.43. The summed E-state index contributed by atoms with van der Waals surface area (Å²) in [6.45, 7) is 8.09. The molecule has 16 heavy (non-hydrogen) atoms. The summed E-state index contributed by atoms with van der Waals surface area (Å²) < 4.78 is 4.85. The van der Waals surface area contributed by atoms with Gasteiger partial charge in [0.2, 0.25) is 0 Å². The lowest BCUT2D eigenvalue weighted by atomic mass is 9.92. The molecular formula is C13H25NO2. The predicted octanol–water partition coefficient (Wildman–Crippen LogP) is 2.45. The van der Waals surface area contributed by atoms with E-state index in [4.69, 9.17) is 4.74 Å². The van der Waals surface area contributed by atoms with Crippen LogP contribution in [0.4, 0.5) is 0 Å². The van der Waals surface area contributed by atoms with Crippen LogP contribution in [0.25, 0.3) is 0 Å². The first-order valence-corrected chi connectivity index (χ1v) is 6.33. The van der Waals surface area contributed by atoms with Crippen molar-refractivity contribution in [2.45, 2.75) is 52.5 Å². The van der Waals surface area contributed by atoms with Crippen LogP contribution in [0.3, 0.4) is 0 Å². The first-order valence-electron chi connectivity index (χ1n) is 6.33. The van der Waals surface area contributed by atoms with Crippen LogP contribution in [0.2, 0.25) is 0 Å². The molecule has 1 saturated carbocycles. The van der Waals surface area contributed by atoms with Gasteiger partial charge in [0.1, 0.15) is 0 Å². The fourth-order valence-electron chi connectivity index (χ4n) is 2.04. The van der Waals surface area contributed by atoms with Crippen molar-refractivity contribution in [2.75, 3.05) is 20.2 Å². The Bertz CT molecular complexity index is 234. The molecule has 0 spiro atoms. The Kier molecular flexibility index (Phi) is 4.78. The number of carbonyl (C=O) groups is 1. The second-order valence-electron chi connectivity index (χ2n) is 5.43. The van der Waals surface area contributed by atoms with Crippen molar-refractivity contribution >= 4 is 5.97 Å². The van der Waals surface area contributed by atoms with Gasteiger partial charge in [0, 0.05) is 12.6 Å². The van der Waals surface area contributed by atoms with Crippen LogP contribution in [0, 0.1) is 5.41 Å². The molecule has 1 fully saturated rings. The van der Waals surface area contributed by atoms with Gasteiger partial charge in [-0.3, -0.25) is 9.69 Å². The SMILES string of the molecule is CCCCN(CC(C)(C)C(=O)OC)C1CC1. The monoisotopic (exact) mass is 227 g/mol. The minimum atomic E-state index is -0.384. The lowest BCUT2D eigenvalue weighted by Crippen LogP contribution is -2.41. The molecule has 3 heteroatoms. The highest BCUT2D eigenvalue weighted by molar-refractivity contribution is 5.76. The molecule has 0 saturated heterocycles. The lowest BCUT2D eigenvalue weighted by molar-refractivity contribution is -0.151. The zero-order chi connectivity index (χ0) is 12.2. The summed E-state index contributed by atoms with van der Waals surface area (Å²) in [5.41, 5.74) is -0.384. The first kappa shape index (κ1) is 13.5. The largest absolute Gasteiger partial charge is 0.469 e. The number of nitrogens with zero attached hydrogens (tertiary/aromatic N) is 1. The summed E-state index contributed by atoms with van der Waals surface area (Å²) in [7, 11) is 1.47. The minimum absolute atomic E-state index is 0.102. The molecule has 0 amide bonds. The molecule has 0 aromatic heterocycles. The van der Waals surface area contributed by atoms with E-state index in [2.05, 4.69) is 11.8 Å². The Labute approximate surface area is 99.1 Å². The van der Waals surface area contributed by atoms with Gasteiger partial charge in [0.15, 0.2) is 0 Å². The Balaban J connectivity index is 2.49. The van der Waals surface area contributed by atoms with E-state index in [0.717, 1.165) is 19.1 Å². The number of methoxy groups -OCH3 is 1. The van der Waals surface area contributed by atoms with E-state index in [1.165, 1.54) is 32.8 Å². The second kappa shape index (κ2) is 5.67. The van der Waals surface area contributed by atoms with E-state index >= 15 is 0 Å². The van der Waals surface area contributed by atoms with Gasteiger partial charge in [-0.1, -0.05) is 13.3 Å². The number of rotatable bonds is 7. The van der Waals surface area contributed by atoms with E-state index in [1.54, 1.807) is 0 Å². The van der Waals surface area contributed by atoms with E-state index in [0.29, 0.717) is 0 Å². The normalized spacial score (nSPS) is 16.6. The maximum Gasteiger partial charge on any atom is 0.312 e. The van der Waals surface area contributed by atoms with E-state index in [9.17, 15) is 4.79 Å². The maximum absolute atomic E-state index is 11.6. The average Bonchev–Trinajstić information content (AvgIpc) is 3.06. The number of carbonyl (C=O) groups excluding carboxylic acids is 1. The van der Waals surface area contributed by atoms with Crippen molar-refractivity contribution in [2.24, 2.45) is 5.41 Å². The first-order chi connectivity index (χ1) is 7.51. The van der Waals surface area contributed by atoms with Crippen molar-refractivity contribution in [1.82, 2.24) is 4.90 Å². The van der Waals surface area contributed by atoms with Gasteiger partial charge in [0.25, 0.3) is 0 Å². The van der Waals surface area contributed by atoms with Gasteiger partial charge in [-0.25, -0.2) is 0 Å². The molecule has 1 aliphatic rings. The lowest BCUT2D eigenvalue weighted by Gasteiger charge is -2.30. The third-order valence-corrected chi connectivity index (χ3v) is 3.20. The van der Waals surface area contributed by atoms with Crippen molar-refractivity contribution in [1.29, 1.82) is 0 Å². The van der Waals surface area contributed by atoms with Crippen LogP contribution < -0.4 is 0 Å². The number of hydrogen-bond acceptors (Lipinski definition) is 3. The molecular weight excluding hydrogens is 202 g/mol. The number of hydrogen-bond donors (Lipinski definition) is 0. The van der Waals surface area contributed by atoms with Crippen molar-refractivity contribution in [3.8, 4) is 0 Å². The van der Waals surface area contributed by atoms with Crippen LogP contribution in [0.15, 0.2) is 0 Å². The third kappa shape index (κ3) is 3.78. The molecule has 1 rings (SSSR count). The Morgan fingerprint density at radius 1 is 1.44 bits per heavy atom. The highest BCUT2D eigenvalue weighted by Crippen LogP contribution is 2.30. The van der Waals surface area contributed by atoms with E-state index < -0.39 is 0 Å². The minimum Gasteiger partial charge on any atom is -0.469 e. The molecule has 0 aromatic rings. The molecule has 0 aliphatic heterocycles. The molecule has 0 heterocycles. The summed E-state index contributed by atoms with van der Waals surface area (Å²) in [5.74, 6) is -0.102. The molecule has 0 bridgehead atoms. The maximum atomic E-state index is 11.6. The van der Waals surface area contributed by atoms with Crippen molar-refractivity contribution < 1.29 is 9.53 Å². The number of unbranched alkanes of at least 4 members (excludes halogenated alkanes) is 1. The standard InChI is InChI=1S/C13H25NO2/c1-5-6-9-14(11-7-8-11)10-13(2,3)12(15)16-4/h11H,5-10H2,1-4H3. The van der Waals surface area contributed by atoms with Crippen LogP contribution in [0.1, 0.15) is 46.5 Å². The topological polar surface area (TPSA) is 29.5 Å². The molecule has 0 N–H and O–H groups in total. The van der Waals surface area contributed by atoms with Gasteiger partial charge in [-0.05, 0) is 39.7 Å². The Morgan fingerprint density at radius 3 is 2.50 bits per heavy atom. The average molecular weight is 227 g/mol. The molecule has 1 aliphatic carbocycles. The van der Waals surface area contributed by atoms with E-state index in [1.807, 2.05) is 13.8 Å². The molecule has 0 atom stereocenters. The van der Waals surface area contributed by atoms with Gasteiger partial charge in [-0.2, -0.15) is 0 Å². The summed E-state index contributed by atoms with van der Waals surface area (Å²) in [5, 5.41) is 0. The molecule has 3 nitrogen and oxygen atoms in total. The number of esters is 1. The van der Waals surface area contributed by atoms with Crippen LogP contribution in [-0.4, -0.2) is 37.1 Å². The van der Waals surface area contributed by atoms with Crippen molar-refractivity contribution in [3.05, 3.63) is 0 Å². The summed E-state index contributed by atoms with van der Waals surface area (Å²) in [6, 6.07) is 0.718. The predicted molar refractivity (Wildman–Crippen MR) is 65.3 cm³/mol. The van der Waals surface area contributed by atoms with Gasteiger partial charge < -0.3 is 4.74 Å².